The van der Waals surface area contributed by atoms with Crippen molar-refractivity contribution in [2.45, 2.75) is 45.3 Å². The number of pyridine rings is 1. The Labute approximate surface area is 145 Å². The maximum absolute atomic E-state index is 12.1. The zero-order chi connectivity index (χ0) is 18.6. The lowest BCUT2D eigenvalue weighted by atomic mass is 10.1. The van der Waals surface area contributed by atoms with Gasteiger partial charge in [0, 0.05) is 25.2 Å². The topological polar surface area (TPSA) is 102 Å². The molecule has 1 saturated heterocycles. The third kappa shape index (κ3) is 5.04. The third-order valence-corrected chi connectivity index (χ3v) is 3.66. The highest BCUT2D eigenvalue weighted by molar-refractivity contribution is 5.68. The Hall–Kier alpha value is -2.89. The fourth-order valence-electron chi connectivity index (χ4n) is 2.48. The monoisotopic (exact) mass is 347 g/mol. The molecule has 2 rings (SSSR count). The lowest BCUT2D eigenvalue weighted by molar-refractivity contribution is -0.384. The van der Waals surface area contributed by atoms with E-state index >= 15 is 0 Å². The molecular formula is C16H21N5O4. The summed E-state index contributed by atoms with van der Waals surface area (Å²) in [7, 11) is 0. The number of amides is 1. The number of ether oxygens (including phenoxy) is 1. The van der Waals surface area contributed by atoms with Crippen LogP contribution in [-0.4, -0.2) is 45.6 Å². The normalized spacial score (nSPS) is 15.4. The van der Waals surface area contributed by atoms with Gasteiger partial charge >= 0.3 is 11.8 Å². The standard InChI is InChI=1S/C16H21N5O4/c1-16(2,3)25-15(22)20-9-7-11(8-10-20)18-14-12(21(23)24)5-6-13(17-4)19-14/h5-6,11H,7-10H2,1-3H3,(H,18,19). The fourth-order valence-corrected chi connectivity index (χ4v) is 2.48. The first-order valence-corrected chi connectivity index (χ1v) is 7.97. The second-order valence-electron chi connectivity index (χ2n) is 6.79. The summed E-state index contributed by atoms with van der Waals surface area (Å²) in [5, 5.41) is 14.2. The van der Waals surface area contributed by atoms with Crippen molar-refractivity contribution >= 4 is 23.4 Å². The molecule has 0 radical (unpaired) electrons. The van der Waals surface area contributed by atoms with Crippen LogP contribution in [0.4, 0.5) is 22.1 Å². The SMILES string of the molecule is [C-]#[N+]c1ccc([N+](=O)[O-])c(NC2CCN(C(=O)OC(C)(C)C)CC2)n1. The van der Waals surface area contributed by atoms with Crippen molar-refractivity contribution in [2.75, 3.05) is 18.4 Å². The maximum Gasteiger partial charge on any atom is 0.410 e. The highest BCUT2D eigenvalue weighted by Crippen LogP contribution is 2.27. The molecule has 1 amide bonds. The van der Waals surface area contributed by atoms with Crippen LogP contribution >= 0.6 is 0 Å². The molecule has 1 aliphatic heterocycles. The minimum Gasteiger partial charge on any atom is -0.444 e. The first-order chi connectivity index (χ1) is 11.7. The molecular weight excluding hydrogens is 326 g/mol. The molecule has 0 aliphatic carbocycles. The Kier molecular flexibility index (Phi) is 5.41. The average molecular weight is 347 g/mol. The summed E-state index contributed by atoms with van der Waals surface area (Å²) in [5.41, 5.74) is -0.710. The zero-order valence-electron chi connectivity index (χ0n) is 14.5. The van der Waals surface area contributed by atoms with Gasteiger partial charge in [-0.3, -0.25) is 10.1 Å². The summed E-state index contributed by atoms with van der Waals surface area (Å²) in [6.45, 7) is 13.4. The molecule has 1 fully saturated rings. The van der Waals surface area contributed by atoms with Gasteiger partial charge in [-0.25, -0.2) is 4.79 Å². The van der Waals surface area contributed by atoms with Crippen molar-refractivity contribution in [3.05, 3.63) is 33.7 Å². The summed E-state index contributed by atoms with van der Waals surface area (Å²) in [5.74, 6) is 0.188. The molecule has 1 aromatic rings. The Morgan fingerprint density at radius 1 is 1.44 bits per heavy atom. The molecule has 134 valence electrons. The molecule has 0 atom stereocenters. The van der Waals surface area contributed by atoms with E-state index in [1.807, 2.05) is 20.8 Å². The number of piperidine rings is 1. The van der Waals surface area contributed by atoms with Crippen LogP contribution in [0, 0.1) is 16.7 Å². The lowest BCUT2D eigenvalue weighted by Crippen LogP contribution is -2.44. The summed E-state index contributed by atoms with van der Waals surface area (Å²) >= 11 is 0. The van der Waals surface area contributed by atoms with Gasteiger partial charge in [-0.15, -0.1) is 0 Å². The maximum atomic E-state index is 12.1. The molecule has 9 heteroatoms. The third-order valence-electron chi connectivity index (χ3n) is 3.66. The number of carbonyl (C=O) groups is 1. The molecule has 0 unspecified atom stereocenters. The minimum absolute atomic E-state index is 0.0640. The molecule has 9 nitrogen and oxygen atoms in total. The zero-order valence-corrected chi connectivity index (χ0v) is 14.5. The molecule has 1 aromatic heterocycles. The number of hydrogen-bond donors (Lipinski definition) is 1. The van der Waals surface area contributed by atoms with E-state index in [1.54, 1.807) is 4.90 Å². The predicted octanol–water partition coefficient (Wildman–Crippen LogP) is 3.35. The number of rotatable bonds is 3. The number of hydrogen-bond acceptors (Lipinski definition) is 6. The molecule has 1 N–H and O–H groups in total. The van der Waals surface area contributed by atoms with E-state index in [0.29, 0.717) is 25.9 Å². The number of anilines is 1. The van der Waals surface area contributed by atoms with Crippen molar-refractivity contribution in [1.29, 1.82) is 0 Å². The van der Waals surface area contributed by atoms with E-state index in [0.717, 1.165) is 0 Å². The van der Waals surface area contributed by atoms with Crippen molar-refractivity contribution in [3.63, 3.8) is 0 Å². The number of aromatic nitrogens is 1. The minimum atomic E-state index is -0.545. The first-order valence-electron chi connectivity index (χ1n) is 7.97. The Bertz CT molecular complexity index is 699. The summed E-state index contributed by atoms with van der Waals surface area (Å²) in [6.07, 6.45) is 0.866. The van der Waals surface area contributed by atoms with E-state index < -0.39 is 10.5 Å². The molecule has 2 heterocycles. The average Bonchev–Trinajstić information content (AvgIpc) is 2.53. The number of nitrogens with one attached hydrogen (secondary N) is 1. The van der Waals surface area contributed by atoms with Gasteiger partial charge in [-0.2, -0.15) is 0 Å². The number of nitrogens with zero attached hydrogens (tertiary/aromatic N) is 4. The van der Waals surface area contributed by atoms with Crippen LogP contribution in [-0.2, 0) is 4.74 Å². The largest absolute Gasteiger partial charge is 0.444 e. The summed E-state index contributed by atoms with van der Waals surface area (Å²) in [6, 6.07) is 2.53. The van der Waals surface area contributed by atoms with Crippen LogP contribution < -0.4 is 5.32 Å². The Balaban J connectivity index is 2.00. The van der Waals surface area contributed by atoms with Crippen molar-refractivity contribution in [3.8, 4) is 0 Å². The first kappa shape index (κ1) is 18.4. The van der Waals surface area contributed by atoms with Crippen LogP contribution in [0.3, 0.4) is 0 Å². The van der Waals surface area contributed by atoms with Crippen molar-refractivity contribution < 1.29 is 14.5 Å². The second-order valence-corrected chi connectivity index (χ2v) is 6.79. The molecule has 0 spiro atoms. The van der Waals surface area contributed by atoms with Gasteiger partial charge in [0.15, 0.2) is 0 Å². The van der Waals surface area contributed by atoms with E-state index in [1.165, 1.54) is 12.1 Å². The Morgan fingerprint density at radius 2 is 2.08 bits per heavy atom. The van der Waals surface area contributed by atoms with Gasteiger partial charge in [0.05, 0.1) is 4.92 Å². The number of nitro groups is 1. The van der Waals surface area contributed by atoms with Crippen LogP contribution in [0.15, 0.2) is 12.1 Å². The van der Waals surface area contributed by atoms with Gasteiger partial charge in [0.1, 0.15) is 5.60 Å². The van der Waals surface area contributed by atoms with Gasteiger partial charge in [-0.1, -0.05) is 11.6 Å². The van der Waals surface area contributed by atoms with Crippen LogP contribution in [0.25, 0.3) is 4.85 Å². The molecule has 1 aliphatic rings. The quantitative estimate of drug-likeness (QED) is 0.511. The fraction of sp³-hybridized carbons (Fsp3) is 0.562. The van der Waals surface area contributed by atoms with Crippen molar-refractivity contribution in [1.82, 2.24) is 9.88 Å². The summed E-state index contributed by atoms with van der Waals surface area (Å²) < 4.78 is 5.34. The van der Waals surface area contributed by atoms with Gasteiger partial charge in [0.2, 0.25) is 0 Å². The smallest absolute Gasteiger partial charge is 0.410 e. The predicted molar refractivity (Wildman–Crippen MR) is 91.6 cm³/mol. The molecule has 0 saturated carbocycles. The lowest BCUT2D eigenvalue weighted by Gasteiger charge is -2.33. The van der Waals surface area contributed by atoms with Gasteiger partial charge < -0.3 is 19.8 Å². The van der Waals surface area contributed by atoms with E-state index in [4.69, 9.17) is 11.3 Å². The van der Waals surface area contributed by atoms with E-state index in [-0.39, 0.29) is 29.5 Å². The van der Waals surface area contributed by atoms with Crippen LogP contribution in [0.1, 0.15) is 33.6 Å². The van der Waals surface area contributed by atoms with E-state index in [2.05, 4.69) is 15.1 Å². The highest BCUT2D eigenvalue weighted by atomic mass is 16.6. The molecule has 0 bridgehead atoms. The molecule has 25 heavy (non-hydrogen) atoms. The highest BCUT2D eigenvalue weighted by Gasteiger charge is 2.29. The van der Waals surface area contributed by atoms with Crippen LogP contribution in [0.2, 0.25) is 0 Å². The van der Waals surface area contributed by atoms with Crippen molar-refractivity contribution in [2.24, 2.45) is 0 Å². The Morgan fingerprint density at radius 3 is 2.60 bits per heavy atom. The van der Waals surface area contributed by atoms with Gasteiger partial charge in [0.25, 0.3) is 11.6 Å². The number of carbonyl (C=O) groups excluding carboxylic acids is 1. The van der Waals surface area contributed by atoms with Crippen LogP contribution in [0.5, 0.6) is 0 Å². The second kappa shape index (κ2) is 7.34. The summed E-state index contributed by atoms with van der Waals surface area (Å²) in [4.78, 5) is 31.5. The van der Waals surface area contributed by atoms with E-state index in [9.17, 15) is 14.9 Å². The molecule has 0 aromatic carbocycles. The number of likely N-dealkylation sites (tertiary alicyclic amines) is 1. The van der Waals surface area contributed by atoms with Gasteiger partial charge in [-0.05, 0) is 39.7 Å².